The Bertz CT molecular complexity index is 982. The molecule has 2 atom stereocenters. The van der Waals surface area contributed by atoms with Crippen molar-refractivity contribution in [1.82, 2.24) is 4.90 Å². The second-order valence-corrected chi connectivity index (χ2v) is 16.3. The first-order chi connectivity index (χ1) is 16.6. The Kier molecular flexibility index (Phi) is 9.51. The molecule has 0 saturated carbocycles. The summed E-state index contributed by atoms with van der Waals surface area (Å²) in [6.07, 6.45) is 2.65. The molecule has 0 radical (unpaired) electrons. The molecule has 35 heavy (non-hydrogen) atoms. The third-order valence-electron chi connectivity index (χ3n) is 6.50. The largest absolute Gasteiger partial charge is 0.404 e. The summed E-state index contributed by atoms with van der Waals surface area (Å²) in [4.78, 5) is 14.6. The molecule has 0 aliphatic carbocycles. The van der Waals surface area contributed by atoms with E-state index in [1.807, 2.05) is 18.2 Å². The number of amides is 1. The van der Waals surface area contributed by atoms with Crippen LogP contribution in [0.5, 0.6) is 0 Å². The van der Waals surface area contributed by atoms with Crippen molar-refractivity contribution in [3.8, 4) is 0 Å². The highest BCUT2D eigenvalue weighted by molar-refractivity contribution is 8.23. The first kappa shape index (κ1) is 27.8. The highest BCUT2D eigenvalue weighted by atomic mass is 32.2. The Balaban J connectivity index is 1.74. The van der Waals surface area contributed by atoms with Gasteiger partial charge in [-0.05, 0) is 21.3 Å². The minimum atomic E-state index is -2.63. The molecule has 1 amide bonds. The average Bonchev–Trinajstić information content (AvgIpc) is 3.21. The Labute approximate surface area is 220 Å². The van der Waals surface area contributed by atoms with E-state index in [4.69, 9.17) is 16.6 Å². The van der Waals surface area contributed by atoms with Crippen LogP contribution in [0, 0.1) is 5.92 Å². The molecule has 0 bridgehead atoms. The zero-order valence-electron chi connectivity index (χ0n) is 21.3. The standard InChI is InChI=1S/C28H37NO3S2Si/c1-21(2)25-20-34-27(33)29(25)26(31)19-22(30)13-12-18-32-35(28(3,4)5,23-14-8-6-9-15-23)24-16-10-7-11-17-24/h6-17,21-22,25,30H,18-20H2,1-5H3/b13-12+/t22-,25+/m0/s1. The zero-order chi connectivity index (χ0) is 25.6. The molecule has 3 rings (SSSR count). The predicted octanol–water partition coefficient (Wildman–Crippen LogP) is 4.76. The minimum Gasteiger partial charge on any atom is -0.404 e. The molecule has 2 aromatic carbocycles. The van der Waals surface area contributed by atoms with Gasteiger partial charge >= 0.3 is 0 Å². The van der Waals surface area contributed by atoms with Crippen molar-refractivity contribution in [2.24, 2.45) is 5.92 Å². The molecule has 4 nitrogen and oxygen atoms in total. The van der Waals surface area contributed by atoms with Crippen molar-refractivity contribution in [1.29, 1.82) is 0 Å². The molecule has 1 heterocycles. The predicted molar refractivity (Wildman–Crippen MR) is 154 cm³/mol. The fourth-order valence-corrected chi connectivity index (χ4v) is 10.9. The lowest BCUT2D eigenvalue weighted by Gasteiger charge is -2.42. The van der Waals surface area contributed by atoms with Crippen molar-refractivity contribution in [2.75, 3.05) is 12.4 Å². The van der Waals surface area contributed by atoms with E-state index >= 15 is 0 Å². The molecule has 1 saturated heterocycles. The molecular formula is C28H37NO3S2Si. The van der Waals surface area contributed by atoms with Gasteiger partial charge < -0.3 is 9.53 Å². The SMILES string of the molecule is CC(C)[C@H]1CSC(=S)N1C(=O)C[C@@H](O)/C=C/CO[Si](c1ccccc1)(c1ccccc1)C(C)(C)C. The Hall–Kier alpha value is -1.77. The summed E-state index contributed by atoms with van der Waals surface area (Å²) in [6.45, 7) is 11.2. The fraction of sp³-hybridized carbons (Fsp3) is 0.429. The van der Waals surface area contributed by atoms with Crippen LogP contribution in [0.2, 0.25) is 5.04 Å². The van der Waals surface area contributed by atoms with Crippen LogP contribution in [0.25, 0.3) is 0 Å². The maximum Gasteiger partial charge on any atom is 0.261 e. The van der Waals surface area contributed by atoms with Gasteiger partial charge in [-0.3, -0.25) is 9.69 Å². The second-order valence-electron chi connectivity index (χ2n) is 10.3. The molecule has 0 spiro atoms. The van der Waals surface area contributed by atoms with Crippen LogP contribution in [0.1, 0.15) is 41.0 Å². The van der Waals surface area contributed by atoms with Crippen molar-refractivity contribution in [3.63, 3.8) is 0 Å². The van der Waals surface area contributed by atoms with Crippen LogP contribution in [0.3, 0.4) is 0 Å². The highest BCUT2D eigenvalue weighted by Gasteiger charge is 2.49. The highest BCUT2D eigenvalue weighted by Crippen LogP contribution is 2.36. The van der Waals surface area contributed by atoms with E-state index in [1.54, 1.807) is 22.7 Å². The van der Waals surface area contributed by atoms with Gasteiger partial charge in [0.1, 0.15) is 4.32 Å². The van der Waals surface area contributed by atoms with E-state index in [0.29, 0.717) is 16.8 Å². The number of carbonyl (C=O) groups is 1. The number of rotatable bonds is 9. The van der Waals surface area contributed by atoms with Crippen molar-refractivity contribution in [3.05, 3.63) is 72.8 Å². The minimum absolute atomic E-state index is 0.0135. The van der Waals surface area contributed by atoms with Gasteiger partial charge in [0.15, 0.2) is 0 Å². The smallest absolute Gasteiger partial charge is 0.261 e. The van der Waals surface area contributed by atoms with Gasteiger partial charge in [-0.25, -0.2) is 0 Å². The molecule has 1 N–H and O–H groups in total. The van der Waals surface area contributed by atoms with Crippen molar-refractivity contribution >= 4 is 52.9 Å². The summed E-state index contributed by atoms with van der Waals surface area (Å²) in [7, 11) is -2.63. The number of thioether (sulfide) groups is 1. The molecule has 7 heteroatoms. The van der Waals surface area contributed by atoms with Crippen LogP contribution in [0.15, 0.2) is 72.8 Å². The maximum atomic E-state index is 12.9. The van der Waals surface area contributed by atoms with E-state index in [-0.39, 0.29) is 23.4 Å². The fourth-order valence-electron chi connectivity index (χ4n) is 4.71. The van der Waals surface area contributed by atoms with E-state index in [9.17, 15) is 9.90 Å². The summed E-state index contributed by atoms with van der Waals surface area (Å²) in [6, 6.07) is 21.0. The van der Waals surface area contributed by atoms with Gasteiger partial charge in [0.05, 0.1) is 19.1 Å². The van der Waals surface area contributed by atoms with Crippen LogP contribution >= 0.6 is 24.0 Å². The molecule has 0 unspecified atom stereocenters. The summed E-state index contributed by atoms with van der Waals surface area (Å²) in [5, 5.41) is 12.9. The van der Waals surface area contributed by atoms with E-state index in [2.05, 4.69) is 83.1 Å². The molecule has 1 aliphatic rings. The molecule has 1 aliphatic heterocycles. The number of aliphatic hydroxyl groups is 1. The van der Waals surface area contributed by atoms with E-state index in [0.717, 1.165) is 5.75 Å². The molecule has 2 aromatic rings. The number of hydrogen-bond donors (Lipinski definition) is 1. The van der Waals surface area contributed by atoms with Crippen LogP contribution in [0.4, 0.5) is 0 Å². The molecule has 1 fully saturated rings. The third kappa shape index (κ3) is 6.33. The lowest BCUT2D eigenvalue weighted by atomic mass is 10.0. The van der Waals surface area contributed by atoms with E-state index < -0.39 is 14.4 Å². The third-order valence-corrected chi connectivity index (χ3v) is 13.0. The monoisotopic (exact) mass is 527 g/mol. The van der Waals surface area contributed by atoms with Gasteiger partial charge in [-0.1, -0.05) is 131 Å². The lowest BCUT2D eigenvalue weighted by molar-refractivity contribution is -0.130. The molecular weight excluding hydrogens is 491 g/mol. The lowest BCUT2D eigenvalue weighted by Crippen LogP contribution is -2.66. The Morgan fingerprint density at radius 2 is 1.69 bits per heavy atom. The van der Waals surface area contributed by atoms with Gasteiger partial charge in [0.2, 0.25) is 5.91 Å². The first-order valence-corrected chi connectivity index (χ1v) is 15.5. The van der Waals surface area contributed by atoms with Crippen molar-refractivity contribution in [2.45, 2.75) is 58.2 Å². The number of benzene rings is 2. The first-order valence-electron chi connectivity index (χ1n) is 12.2. The topological polar surface area (TPSA) is 49.8 Å². The number of aliphatic hydroxyl groups excluding tert-OH is 1. The summed E-state index contributed by atoms with van der Waals surface area (Å²) in [5.41, 5.74) is 0. The number of thiocarbonyl (C=S) groups is 1. The molecule has 188 valence electrons. The summed E-state index contributed by atoms with van der Waals surface area (Å²) < 4.78 is 7.42. The zero-order valence-corrected chi connectivity index (χ0v) is 23.9. The van der Waals surface area contributed by atoms with E-state index in [1.165, 1.54) is 10.4 Å². The Morgan fingerprint density at radius 1 is 1.14 bits per heavy atom. The van der Waals surface area contributed by atoms with Gasteiger partial charge in [0, 0.05) is 11.8 Å². The number of hydrogen-bond acceptors (Lipinski definition) is 5. The van der Waals surface area contributed by atoms with Gasteiger partial charge in [-0.15, -0.1) is 0 Å². The van der Waals surface area contributed by atoms with Gasteiger partial charge in [-0.2, -0.15) is 0 Å². The quantitative estimate of drug-likeness (QED) is 0.290. The van der Waals surface area contributed by atoms with Crippen LogP contribution < -0.4 is 10.4 Å². The summed E-state index contributed by atoms with van der Waals surface area (Å²) >= 11 is 6.93. The van der Waals surface area contributed by atoms with Crippen LogP contribution in [-0.4, -0.2) is 53.1 Å². The van der Waals surface area contributed by atoms with Crippen molar-refractivity contribution < 1.29 is 14.3 Å². The Morgan fingerprint density at radius 3 is 2.17 bits per heavy atom. The number of nitrogens with zero attached hydrogens (tertiary/aromatic N) is 1. The number of carbonyl (C=O) groups excluding carboxylic acids is 1. The summed E-state index contributed by atoms with van der Waals surface area (Å²) in [5.74, 6) is 1.02. The molecule has 0 aromatic heterocycles. The average molecular weight is 528 g/mol. The second kappa shape index (κ2) is 12.0. The maximum absolute atomic E-state index is 12.9. The van der Waals surface area contributed by atoms with Gasteiger partial charge in [0.25, 0.3) is 8.32 Å². The van der Waals surface area contributed by atoms with Crippen LogP contribution in [-0.2, 0) is 9.22 Å². The normalized spacial score (nSPS) is 18.0.